The number of carbonyl (C=O) groups is 2. The van der Waals surface area contributed by atoms with Crippen LogP contribution >= 0.6 is 0 Å². The normalized spacial score (nSPS) is 28.8. The van der Waals surface area contributed by atoms with Crippen LogP contribution in [-0.2, 0) is 4.79 Å². The van der Waals surface area contributed by atoms with Gasteiger partial charge in [0.15, 0.2) is 5.78 Å². The monoisotopic (exact) mass is 670 g/mol. The summed E-state index contributed by atoms with van der Waals surface area (Å²) in [5.41, 5.74) is 0.212. The SMILES string of the molecule is COc1ccc(NC(=O)NCC=Cc2ccc([C@H]3C[C@@]4(C)[C@@H](CC[C@@]4(O)C(F)(F)C(F)(F)F)[C@@H]4CCC5=CC(=O)CCC5=C43)cc2)cc1. The van der Waals surface area contributed by atoms with E-state index in [1.165, 1.54) is 6.92 Å². The Morgan fingerprint density at radius 1 is 1.02 bits per heavy atom. The van der Waals surface area contributed by atoms with Crippen molar-refractivity contribution in [1.29, 1.82) is 0 Å². The van der Waals surface area contributed by atoms with Crippen molar-refractivity contribution < 1.29 is 41.4 Å². The molecule has 2 amide bonds. The second kappa shape index (κ2) is 12.5. The van der Waals surface area contributed by atoms with E-state index in [9.17, 15) is 27.9 Å². The van der Waals surface area contributed by atoms with Gasteiger partial charge in [0.05, 0.1) is 7.11 Å². The van der Waals surface area contributed by atoms with E-state index in [0.717, 1.165) is 27.8 Å². The second-order valence-electron chi connectivity index (χ2n) is 13.6. The molecule has 48 heavy (non-hydrogen) atoms. The molecule has 0 aliphatic heterocycles. The molecule has 0 unspecified atom stereocenters. The van der Waals surface area contributed by atoms with Crippen LogP contribution in [0.1, 0.15) is 68.9 Å². The molecule has 256 valence electrons. The number of nitrogens with one attached hydrogen (secondary N) is 2. The second-order valence-corrected chi connectivity index (χ2v) is 13.6. The molecular formula is C37H39F5N2O4. The average molecular weight is 671 g/mol. The number of urea groups is 1. The number of amides is 2. The highest BCUT2D eigenvalue weighted by atomic mass is 19.4. The lowest BCUT2D eigenvalue weighted by Gasteiger charge is -2.56. The largest absolute Gasteiger partial charge is 0.497 e. The fraction of sp³-hybridized carbons (Fsp3) is 0.459. The molecule has 4 aliphatic rings. The van der Waals surface area contributed by atoms with E-state index < -0.39 is 41.4 Å². The van der Waals surface area contributed by atoms with Crippen LogP contribution in [0.25, 0.3) is 6.08 Å². The van der Waals surface area contributed by atoms with E-state index in [4.69, 9.17) is 4.74 Å². The molecular weight excluding hydrogens is 631 g/mol. The van der Waals surface area contributed by atoms with Crippen molar-refractivity contribution >= 4 is 23.6 Å². The number of hydrogen-bond acceptors (Lipinski definition) is 4. The van der Waals surface area contributed by atoms with Gasteiger partial charge in [-0.15, -0.1) is 0 Å². The molecule has 0 heterocycles. The Balaban J connectivity index is 1.24. The standard InChI is InChI=1S/C37H39F5N2O4/c1-34-21-30(23-7-5-22(6-8-23)4-3-19-43-33(46)44-25-10-13-27(48-2)14-11-25)32-28-16-12-26(45)20-24(28)9-15-29(32)31(34)17-18-35(34,47)36(38,39)37(40,41)42/h3-8,10-11,13-14,20,29-31,47H,9,12,15-19,21H2,1-2H3,(H2,43,44,46)/t29-,30+,31-,34-,35-/m0/s1. The van der Waals surface area contributed by atoms with Crippen molar-refractivity contribution in [3.8, 4) is 5.75 Å². The Morgan fingerprint density at radius 3 is 2.40 bits per heavy atom. The zero-order valence-electron chi connectivity index (χ0n) is 26.8. The molecule has 2 saturated carbocycles. The third-order valence-corrected chi connectivity index (χ3v) is 11.1. The van der Waals surface area contributed by atoms with Crippen molar-refractivity contribution in [2.45, 2.75) is 75.5 Å². The number of fused-ring (bicyclic) bond motifs is 4. The van der Waals surface area contributed by atoms with Crippen LogP contribution < -0.4 is 15.4 Å². The highest BCUT2D eigenvalue weighted by Gasteiger charge is 2.79. The van der Waals surface area contributed by atoms with Gasteiger partial charge in [-0.25, -0.2) is 4.79 Å². The highest BCUT2D eigenvalue weighted by molar-refractivity contribution is 5.93. The van der Waals surface area contributed by atoms with Crippen LogP contribution in [0, 0.1) is 17.3 Å². The Morgan fingerprint density at radius 2 is 1.73 bits per heavy atom. The minimum Gasteiger partial charge on any atom is -0.497 e. The summed E-state index contributed by atoms with van der Waals surface area (Å²) >= 11 is 0. The van der Waals surface area contributed by atoms with Crippen molar-refractivity contribution in [3.63, 3.8) is 0 Å². The van der Waals surface area contributed by atoms with E-state index >= 15 is 8.78 Å². The molecule has 11 heteroatoms. The molecule has 0 aromatic heterocycles. The van der Waals surface area contributed by atoms with Crippen LogP contribution in [0.2, 0.25) is 0 Å². The molecule has 0 bridgehead atoms. The first-order valence-corrected chi connectivity index (χ1v) is 16.3. The van der Waals surface area contributed by atoms with Crippen molar-refractivity contribution in [2.24, 2.45) is 17.3 Å². The van der Waals surface area contributed by atoms with Crippen LogP contribution in [0.15, 0.2) is 77.4 Å². The quantitative estimate of drug-likeness (QED) is 0.259. The minimum atomic E-state index is -5.89. The van der Waals surface area contributed by atoms with Gasteiger partial charge in [-0.3, -0.25) is 4.79 Å². The van der Waals surface area contributed by atoms with Gasteiger partial charge in [-0.1, -0.05) is 48.9 Å². The third-order valence-electron chi connectivity index (χ3n) is 11.1. The van der Waals surface area contributed by atoms with Gasteiger partial charge in [0.1, 0.15) is 11.4 Å². The number of alkyl halides is 5. The number of rotatable bonds is 7. The van der Waals surface area contributed by atoms with Crippen LogP contribution in [0.3, 0.4) is 0 Å². The molecule has 5 atom stereocenters. The number of hydrogen-bond donors (Lipinski definition) is 3. The lowest BCUT2D eigenvalue weighted by molar-refractivity contribution is -0.362. The highest BCUT2D eigenvalue weighted by Crippen LogP contribution is 2.70. The van der Waals surface area contributed by atoms with E-state index in [1.807, 2.05) is 30.3 Å². The van der Waals surface area contributed by atoms with Crippen molar-refractivity contribution in [2.75, 3.05) is 19.0 Å². The van der Waals surface area contributed by atoms with Gasteiger partial charge in [0, 0.05) is 30.0 Å². The smallest absolute Gasteiger partial charge is 0.456 e. The Labute approximate surface area is 276 Å². The lowest BCUT2D eigenvalue weighted by Crippen LogP contribution is -2.65. The number of ketones is 1. The van der Waals surface area contributed by atoms with E-state index in [1.54, 1.807) is 43.5 Å². The maximum absolute atomic E-state index is 15.2. The number of ether oxygens (including phenoxy) is 1. The zero-order chi connectivity index (χ0) is 34.5. The van der Waals surface area contributed by atoms with Gasteiger partial charge in [-0.05, 0) is 103 Å². The molecule has 2 aromatic carbocycles. The first-order valence-electron chi connectivity index (χ1n) is 16.3. The summed E-state index contributed by atoms with van der Waals surface area (Å²) in [5, 5.41) is 16.9. The maximum atomic E-state index is 15.2. The maximum Gasteiger partial charge on any atom is 0.456 e. The molecule has 3 N–H and O–H groups in total. The van der Waals surface area contributed by atoms with Gasteiger partial charge in [0.25, 0.3) is 0 Å². The summed E-state index contributed by atoms with van der Waals surface area (Å²) in [5.74, 6) is -5.90. The Bertz CT molecular complexity index is 1660. The molecule has 4 aliphatic carbocycles. The summed E-state index contributed by atoms with van der Waals surface area (Å²) in [6.07, 6.45) is 0.645. The predicted molar refractivity (Wildman–Crippen MR) is 172 cm³/mol. The molecule has 6 nitrogen and oxygen atoms in total. The number of anilines is 1. The first kappa shape index (κ1) is 33.9. The van der Waals surface area contributed by atoms with Gasteiger partial charge in [-0.2, -0.15) is 22.0 Å². The van der Waals surface area contributed by atoms with Crippen LogP contribution in [0.4, 0.5) is 32.4 Å². The molecule has 0 saturated heterocycles. The number of carbonyl (C=O) groups excluding carboxylic acids is 2. The summed E-state index contributed by atoms with van der Waals surface area (Å²) in [7, 11) is 1.55. The number of halogens is 5. The van der Waals surface area contributed by atoms with Crippen LogP contribution in [-0.4, -0.2) is 48.3 Å². The summed E-state index contributed by atoms with van der Waals surface area (Å²) in [6.45, 7) is 1.66. The molecule has 2 fully saturated rings. The molecule has 0 radical (unpaired) electrons. The molecule has 6 rings (SSSR count). The first-order chi connectivity index (χ1) is 22.7. The minimum absolute atomic E-state index is 0.0360. The van der Waals surface area contributed by atoms with Crippen molar-refractivity contribution in [1.82, 2.24) is 5.32 Å². The van der Waals surface area contributed by atoms with Gasteiger partial charge < -0.3 is 20.5 Å². The lowest BCUT2D eigenvalue weighted by atomic mass is 9.50. The third kappa shape index (κ3) is 5.73. The number of benzene rings is 2. The Hall–Kier alpha value is -3.99. The Kier molecular flexibility index (Phi) is 8.81. The summed E-state index contributed by atoms with van der Waals surface area (Å²) in [4.78, 5) is 24.5. The number of aliphatic hydroxyl groups is 1. The van der Waals surface area contributed by atoms with E-state index in [0.29, 0.717) is 37.1 Å². The fourth-order valence-electron chi connectivity index (χ4n) is 8.75. The fourth-order valence-corrected chi connectivity index (χ4v) is 8.75. The predicted octanol–water partition coefficient (Wildman–Crippen LogP) is 8.36. The van der Waals surface area contributed by atoms with E-state index in [2.05, 4.69) is 10.6 Å². The van der Waals surface area contributed by atoms with Crippen LogP contribution in [0.5, 0.6) is 5.75 Å². The van der Waals surface area contributed by atoms with Gasteiger partial charge in [0.2, 0.25) is 0 Å². The molecule has 2 aromatic rings. The van der Waals surface area contributed by atoms with E-state index in [-0.39, 0.29) is 37.1 Å². The summed E-state index contributed by atoms with van der Waals surface area (Å²) in [6, 6.07) is 13.9. The van der Waals surface area contributed by atoms with Gasteiger partial charge >= 0.3 is 18.1 Å². The average Bonchev–Trinajstić information content (AvgIpc) is 3.33. The molecule has 0 spiro atoms. The zero-order valence-corrected chi connectivity index (χ0v) is 26.8. The van der Waals surface area contributed by atoms with Crippen molar-refractivity contribution in [3.05, 3.63) is 88.5 Å². The number of allylic oxidation sites excluding steroid dienone is 4. The number of methoxy groups -OCH3 is 1. The topological polar surface area (TPSA) is 87.7 Å². The summed E-state index contributed by atoms with van der Waals surface area (Å²) < 4.78 is 77.0.